The van der Waals surface area contributed by atoms with Crippen molar-refractivity contribution >= 4 is 11.6 Å². The molecule has 2 aromatic rings. The standard InChI is InChI=1S/C16H16ClF2N/c1-2-15(11-6-8-13(17)9-7-11)20-10-12-4-3-5-14(18)16(12)19/h3-9,15,20H,2,10H2,1H3. The summed E-state index contributed by atoms with van der Waals surface area (Å²) in [5, 5.41) is 3.92. The molecule has 1 N–H and O–H groups in total. The van der Waals surface area contributed by atoms with E-state index in [1.165, 1.54) is 6.07 Å². The number of hydrogen-bond donors (Lipinski definition) is 1. The fraction of sp³-hybridized carbons (Fsp3) is 0.250. The highest BCUT2D eigenvalue weighted by Crippen LogP contribution is 2.20. The van der Waals surface area contributed by atoms with E-state index in [0.717, 1.165) is 18.1 Å². The summed E-state index contributed by atoms with van der Waals surface area (Å²) in [5.74, 6) is -1.60. The first kappa shape index (κ1) is 14.9. The summed E-state index contributed by atoms with van der Waals surface area (Å²) in [6.45, 7) is 2.32. The van der Waals surface area contributed by atoms with Crippen LogP contribution in [-0.4, -0.2) is 0 Å². The molecule has 0 heterocycles. The highest BCUT2D eigenvalue weighted by atomic mass is 35.5. The number of benzene rings is 2. The molecule has 0 radical (unpaired) electrons. The monoisotopic (exact) mass is 295 g/mol. The third kappa shape index (κ3) is 3.56. The van der Waals surface area contributed by atoms with Crippen molar-refractivity contribution in [3.63, 3.8) is 0 Å². The second-order valence-electron chi connectivity index (χ2n) is 4.61. The maximum absolute atomic E-state index is 13.6. The lowest BCUT2D eigenvalue weighted by atomic mass is 10.0. The van der Waals surface area contributed by atoms with Crippen LogP contribution in [0, 0.1) is 11.6 Å². The van der Waals surface area contributed by atoms with Gasteiger partial charge in [0.15, 0.2) is 11.6 Å². The molecule has 0 aliphatic carbocycles. The molecular weight excluding hydrogens is 280 g/mol. The second kappa shape index (κ2) is 6.82. The van der Waals surface area contributed by atoms with Gasteiger partial charge in [-0.2, -0.15) is 0 Å². The van der Waals surface area contributed by atoms with Crippen molar-refractivity contribution in [2.75, 3.05) is 0 Å². The number of halogens is 3. The summed E-state index contributed by atoms with van der Waals surface area (Å²) < 4.78 is 26.7. The minimum atomic E-state index is -0.816. The van der Waals surface area contributed by atoms with Crippen LogP contribution in [-0.2, 0) is 6.54 Å². The Kier molecular flexibility index (Phi) is 5.10. The Morgan fingerprint density at radius 1 is 1.10 bits per heavy atom. The Hall–Kier alpha value is -1.45. The van der Waals surface area contributed by atoms with Gasteiger partial charge in [0.25, 0.3) is 0 Å². The van der Waals surface area contributed by atoms with Crippen molar-refractivity contribution in [2.45, 2.75) is 25.9 Å². The molecule has 2 aromatic carbocycles. The third-order valence-corrected chi connectivity index (χ3v) is 3.50. The highest BCUT2D eigenvalue weighted by molar-refractivity contribution is 6.30. The number of rotatable bonds is 5. The van der Waals surface area contributed by atoms with E-state index in [2.05, 4.69) is 5.32 Å². The Morgan fingerprint density at radius 2 is 1.80 bits per heavy atom. The molecule has 0 spiro atoms. The van der Waals surface area contributed by atoms with Crippen LogP contribution in [0.3, 0.4) is 0 Å². The lowest BCUT2D eigenvalue weighted by molar-refractivity contribution is 0.473. The third-order valence-electron chi connectivity index (χ3n) is 3.25. The van der Waals surface area contributed by atoms with Crippen molar-refractivity contribution in [2.24, 2.45) is 0 Å². The lowest BCUT2D eigenvalue weighted by Crippen LogP contribution is -2.21. The summed E-state index contributed by atoms with van der Waals surface area (Å²) in [5.41, 5.74) is 1.41. The Balaban J connectivity index is 2.07. The van der Waals surface area contributed by atoms with Gasteiger partial charge in [-0.25, -0.2) is 8.78 Å². The molecule has 1 nitrogen and oxygen atoms in total. The van der Waals surface area contributed by atoms with Crippen LogP contribution >= 0.6 is 11.6 Å². The van der Waals surface area contributed by atoms with E-state index >= 15 is 0 Å². The summed E-state index contributed by atoms with van der Waals surface area (Å²) in [7, 11) is 0. The molecule has 0 amide bonds. The molecule has 20 heavy (non-hydrogen) atoms. The molecule has 0 fully saturated rings. The average Bonchev–Trinajstić information content (AvgIpc) is 2.45. The lowest BCUT2D eigenvalue weighted by Gasteiger charge is -2.18. The van der Waals surface area contributed by atoms with Crippen molar-refractivity contribution in [1.82, 2.24) is 5.32 Å². The van der Waals surface area contributed by atoms with Crippen LogP contribution in [0.15, 0.2) is 42.5 Å². The van der Waals surface area contributed by atoms with Gasteiger partial charge in [-0.1, -0.05) is 42.8 Å². The molecule has 0 aliphatic heterocycles. The molecule has 2 rings (SSSR count). The van der Waals surface area contributed by atoms with Gasteiger partial charge in [0.05, 0.1) is 0 Å². The van der Waals surface area contributed by atoms with Crippen LogP contribution < -0.4 is 5.32 Å². The van der Waals surface area contributed by atoms with Crippen LogP contribution in [0.1, 0.15) is 30.5 Å². The van der Waals surface area contributed by atoms with Crippen molar-refractivity contribution < 1.29 is 8.78 Å². The van der Waals surface area contributed by atoms with Crippen LogP contribution in [0.4, 0.5) is 8.78 Å². The van der Waals surface area contributed by atoms with Gasteiger partial charge in [-0.3, -0.25) is 0 Å². The molecule has 0 aromatic heterocycles. The summed E-state index contributed by atoms with van der Waals surface area (Å²) in [6, 6.07) is 11.8. The van der Waals surface area contributed by atoms with E-state index < -0.39 is 11.6 Å². The zero-order valence-electron chi connectivity index (χ0n) is 11.2. The molecule has 0 saturated carbocycles. The first-order chi connectivity index (χ1) is 9.61. The quantitative estimate of drug-likeness (QED) is 0.830. The number of hydrogen-bond acceptors (Lipinski definition) is 1. The molecular formula is C16H16ClF2N. The average molecular weight is 296 g/mol. The van der Waals surface area contributed by atoms with E-state index in [0.29, 0.717) is 10.6 Å². The van der Waals surface area contributed by atoms with E-state index in [9.17, 15) is 8.78 Å². The zero-order chi connectivity index (χ0) is 14.5. The van der Waals surface area contributed by atoms with Crippen molar-refractivity contribution in [3.8, 4) is 0 Å². The van der Waals surface area contributed by atoms with Gasteiger partial charge in [-0.15, -0.1) is 0 Å². The molecule has 1 unspecified atom stereocenters. The van der Waals surface area contributed by atoms with Gasteiger partial charge in [-0.05, 0) is 30.2 Å². The normalized spacial score (nSPS) is 12.4. The highest BCUT2D eigenvalue weighted by Gasteiger charge is 2.11. The van der Waals surface area contributed by atoms with E-state index in [1.807, 2.05) is 31.2 Å². The van der Waals surface area contributed by atoms with Gasteiger partial charge >= 0.3 is 0 Å². The fourth-order valence-electron chi connectivity index (χ4n) is 2.11. The molecule has 106 valence electrons. The van der Waals surface area contributed by atoms with Crippen LogP contribution in [0.25, 0.3) is 0 Å². The van der Waals surface area contributed by atoms with E-state index in [1.54, 1.807) is 6.07 Å². The van der Waals surface area contributed by atoms with Crippen molar-refractivity contribution in [3.05, 3.63) is 70.2 Å². The fourth-order valence-corrected chi connectivity index (χ4v) is 2.24. The largest absolute Gasteiger partial charge is 0.306 e. The predicted molar refractivity (Wildman–Crippen MR) is 77.7 cm³/mol. The van der Waals surface area contributed by atoms with E-state index in [-0.39, 0.29) is 12.6 Å². The van der Waals surface area contributed by atoms with E-state index in [4.69, 9.17) is 11.6 Å². The Morgan fingerprint density at radius 3 is 2.45 bits per heavy atom. The van der Waals surface area contributed by atoms with Crippen LogP contribution in [0.5, 0.6) is 0 Å². The molecule has 0 aliphatic rings. The molecule has 0 saturated heterocycles. The van der Waals surface area contributed by atoms with Crippen LogP contribution in [0.2, 0.25) is 5.02 Å². The minimum absolute atomic E-state index is 0.0786. The van der Waals surface area contributed by atoms with Gasteiger partial charge < -0.3 is 5.32 Å². The Labute approximate surface area is 122 Å². The first-order valence-corrected chi connectivity index (χ1v) is 6.91. The zero-order valence-corrected chi connectivity index (χ0v) is 11.9. The maximum atomic E-state index is 13.6. The second-order valence-corrected chi connectivity index (χ2v) is 5.04. The molecule has 0 bridgehead atoms. The Bertz CT molecular complexity index is 569. The van der Waals surface area contributed by atoms with Gasteiger partial charge in [0.2, 0.25) is 0 Å². The first-order valence-electron chi connectivity index (χ1n) is 6.53. The smallest absolute Gasteiger partial charge is 0.163 e. The minimum Gasteiger partial charge on any atom is -0.306 e. The van der Waals surface area contributed by atoms with Gasteiger partial charge in [0, 0.05) is 23.2 Å². The van der Waals surface area contributed by atoms with Gasteiger partial charge in [0.1, 0.15) is 0 Å². The topological polar surface area (TPSA) is 12.0 Å². The predicted octanol–water partition coefficient (Wildman–Crippen LogP) is 4.86. The molecule has 4 heteroatoms. The van der Waals surface area contributed by atoms with Crippen molar-refractivity contribution in [1.29, 1.82) is 0 Å². The maximum Gasteiger partial charge on any atom is 0.163 e. The number of nitrogens with one attached hydrogen (secondary N) is 1. The summed E-state index contributed by atoms with van der Waals surface area (Å²) in [6.07, 6.45) is 0.846. The SMILES string of the molecule is CCC(NCc1cccc(F)c1F)c1ccc(Cl)cc1. The summed E-state index contributed by atoms with van der Waals surface area (Å²) >= 11 is 5.86. The summed E-state index contributed by atoms with van der Waals surface area (Å²) in [4.78, 5) is 0. The molecule has 1 atom stereocenters.